The molecular formula is C37H28Cl4N2O7S2. The number of halogens is 4. The number of nitrogens with one attached hydrogen (secondary N) is 2. The number of rotatable bonds is 10. The molecule has 0 aliphatic heterocycles. The largest absolute Gasteiger partial charge is 0.508 e. The average molecular weight is 819 g/mol. The molecule has 0 saturated heterocycles. The predicted molar refractivity (Wildman–Crippen MR) is 200 cm³/mol. The fraction of sp³-hybridized carbons (Fsp3) is 0.108. The van der Waals surface area contributed by atoms with Crippen LogP contribution in [0.15, 0.2) is 117 Å². The van der Waals surface area contributed by atoms with Crippen LogP contribution in [0.2, 0.25) is 20.1 Å². The van der Waals surface area contributed by atoms with E-state index in [1.807, 2.05) is 13.8 Å². The van der Waals surface area contributed by atoms with Crippen molar-refractivity contribution in [2.75, 3.05) is 0 Å². The molecule has 0 fully saturated rings. The Hall–Kier alpha value is -4.23. The molecule has 0 aliphatic rings. The summed E-state index contributed by atoms with van der Waals surface area (Å²) in [7, 11) is -8.21. The van der Waals surface area contributed by atoms with Crippen molar-refractivity contribution in [1.82, 2.24) is 9.97 Å². The number of aromatic hydroxyl groups is 2. The van der Waals surface area contributed by atoms with Crippen molar-refractivity contribution >= 4 is 71.9 Å². The molecule has 6 aromatic rings. The van der Waals surface area contributed by atoms with Crippen LogP contribution in [-0.4, -0.2) is 42.8 Å². The minimum absolute atomic E-state index is 0.00000391. The second-order valence-corrected chi connectivity index (χ2v) is 17.6. The van der Waals surface area contributed by atoms with E-state index in [0.29, 0.717) is 0 Å². The van der Waals surface area contributed by atoms with Gasteiger partial charge in [-0.25, -0.2) is 16.8 Å². The molecule has 268 valence electrons. The van der Waals surface area contributed by atoms with E-state index in [2.05, 4.69) is 9.97 Å². The SMILES string of the molecule is Cc1ccc(S(=O)(=O)c2cc(C(C(=O)C(c3c[nH]c(S(=O)(=O)c4ccc(C)cc4)c3)c3cc(Cl)c(Cl)cc3O)c3cc(Cl)c(Cl)cc3O)c[nH]2)cc1. The maximum atomic E-state index is 15.2. The third kappa shape index (κ3) is 7.09. The number of phenols is 2. The molecular weight excluding hydrogens is 790 g/mol. The lowest BCUT2D eigenvalue weighted by Gasteiger charge is -2.24. The molecule has 0 spiro atoms. The van der Waals surface area contributed by atoms with Gasteiger partial charge in [0.05, 0.1) is 41.7 Å². The van der Waals surface area contributed by atoms with Crippen molar-refractivity contribution in [2.45, 2.75) is 45.5 Å². The van der Waals surface area contributed by atoms with Gasteiger partial charge in [0.15, 0.2) is 5.78 Å². The highest BCUT2D eigenvalue weighted by Crippen LogP contribution is 2.45. The van der Waals surface area contributed by atoms with Crippen molar-refractivity contribution in [3.63, 3.8) is 0 Å². The number of aromatic amines is 2. The van der Waals surface area contributed by atoms with Crippen LogP contribution in [0.25, 0.3) is 0 Å². The van der Waals surface area contributed by atoms with Gasteiger partial charge < -0.3 is 20.2 Å². The third-order valence-electron chi connectivity index (χ3n) is 8.60. The molecule has 2 heterocycles. The fourth-order valence-electron chi connectivity index (χ4n) is 5.84. The first kappa shape index (κ1) is 37.5. The molecule has 0 radical (unpaired) electrons. The summed E-state index contributed by atoms with van der Waals surface area (Å²) in [5.41, 5.74) is 1.79. The predicted octanol–water partition coefficient (Wildman–Crippen LogP) is 9.18. The Morgan fingerprint density at radius 2 is 0.885 bits per heavy atom. The van der Waals surface area contributed by atoms with E-state index < -0.39 is 48.8 Å². The van der Waals surface area contributed by atoms with E-state index in [-0.39, 0.29) is 62.2 Å². The van der Waals surface area contributed by atoms with Crippen LogP contribution >= 0.6 is 46.4 Å². The lowest BCUT2D eigenvalue weighted by Crippen LogP contribution is -2.23. The van der Waals surface area contributed by atoms with Gasteiger partial charge in [-0.15, -0.1) is 0 Å². The molecule has 0 amide bonds. The smallest absolute Gasteiger partial charge is 0.221 e. The van der Waals surface area contributed by atoms with Gasteiger partial charge in [-0.1, -0.05) is 81.8 Å². The van der Waals surface area contributed by atoms with Gasteiger partial charge in [0.2, 0.25) is 19.7 Å². The maximum Gasteiger partial charge on any atom is 0.221 e. The standard InChI is InChI=1S/C37H28Cl4N2O7S2/c1-19-3-7-23(8-4-19)51(47,48)33-11-21(17-42-33)35(25-13-27(38)29(40)15-31(25)44)37(46)36(26-14-28(39)30(41)16-32(26)45)22-12-34(43-18-22)52(49,50)24-9-5-20(2)6-10-24/h3-18,35-36,42-45H,1-2H3. The normalized spacial score (nSPS) is 13.2. The number of hydrogen-bond donors (Lipinski definition) is 4. The second-order valence-electron chi connectivity index (χ2n) is 12.1. The number of ketones is 1. The van der Waals surface area contributed by atoms with Gasteiger partial charge in [0.1, 0.15) is 21.6 Å². The van der Waals surface area contributed by atoms with Crippen LogP contribution in [-0.2, 0) is 24.5 Å². The van der Waals surface area contributed by atoms with Crippen LogP contribution in [0, 0.1) is 13.8 Å². The summed E-state index contributed by atoms with van der Waals surface area (Å²) in [4.78, 5) is 20.7. The number of carbonyl (C=O) groups excluding carboxylic acids is 1. The summed E-state index contributed by atoms with van der Waals surface area (Å²) in [6.45, 7) is 3.63. The Kier molecular flexibility index (Phi) is 10.3. The summed E-state index contributed by atoms with van der Waals surface area (Å²) in [6.07, 6.45) is 2.61. The topological polar surface area (TPSA) is 157 Å². The van der Waals surface area contributed by atoms with E-state index in [4.69, 9.17) is 46.4 Å². The summed E-state index contributed by atoms with van der Waals surface area (Å²) in [5, 5.41) is 21.8. The molecule has 9 nitrogen and oxygen atoms in total. The molecule has 4 aromatic carbocycles. The van der Waals surface area contributed by atoms with Gasteiger partial charge in [0, 0.05) is 35.7 Å². The molecule has 0 saturated carbocycles. The Labute approximate surface area is 319 Å². The number of sulfone groups is 2. The Bertz CT molecular complexity index is 2390. The first-order chi connectivity index (χ1) is 24.5. The van der Waals surface area contributed by atoms with Crippen molar-refractivity contribution in [3.05, 3.63) is 151 Å². The Morgan fingerprint density at radius 1 is 0.558 bits per heavy atom. The summed E-state index contributed by atoms with van der Waals surface area (Å²) in [6, 6.07) is 19.8. The number of carbonyl (C=O) groups is 1. The van der Waals surface area contributed by atoms with E-state index in [0.717, 1.165) is 23.3 Å². The second kappa shape index (κ2) is 14.3. The zero-order valence-electron chi connectivity index (χ0n) is 27.2. The average Bonchev–Trinajstić information content (AvgIpc) is 3.79. The monoisotopic (exact) mass is 816 g/mol. The van der Waals surface area contributed by atoms with Crippen LogP contribution < -0.4 is 0 Å². The highest BCUT2D eigenvalue weighted by molar-refractivity contribution is 7.91. The summed E-state index contributed by atoms with van der Waals surface area (Å²) >= 11 is 25.2. The van der Waals surface area contributed by atoms with Crippen LogP contribution in [0.1, 0.15) is 45.2 Å². The van der Waals surface area contributed by atoms with Gasteiger partial charge >= 0.3 is 0 Å². The lowest BCUT2D eigenvalue weighted by atomic mass is 9.78. The lowest BCUT2D eigenvalue weighted by molar-refractivity contribution is -0.120. The fourth-order valence-corrected chi connectivity index (χ4v) is 9.00. The Balaban J connectivity index is 1.55. The highest BCUT2D eigenvalue weighted by atomic mass is 35.5. The van der Waals surface area contributed by atoms with Gasteiger partial charge in [-0.05, 0) is 73.5 Å². The molecule has 4 N–H and O–H groups in total. The minimum atomic E-state index is -4.11. The van der Waals surface area contributed by atoms with Crippen molar-refractivity contribution in [1.29, 1.82) is 0 Å². The maximum absolute atomic E-state index is 15.2. The van der Waals surface area contributed by atoms with Crippen LogP contribution in [0.3, 0.4) is 0 Å². The quantitative estimate of drug-likeness (QED) is 0.107. The number of phenolic OH excluding ortho intramolecular Hbond substituents is 2. The highest BCUT2D eigenvalue weighted by Gasteiger charge is 2.38. The number of H-pyrrole nitrogens is 2. The van der Waals surface area contributed by atoms with Crippen LogP contribution in [0.5, 0.6) is 11.5 Å². The number of Topliss-reactive ketones (excluding diaryl/α,β-unsaturated/α-hetero) is 1. The molecule has 2 unspecified atom stereocenters. The zero-order chi connectivity index (χ0) is 37.7. The molecule has 15 heteroatoms. The summed E-state index contributed by atoms with van der Waals surface area (Å²) in [5.74, 6) is -4.56. The minimum Gasteiger partial charge on any atom is -0.508 e. The van der Waals surface area contributed by atoms with E-state index in [9.17, 15) is 27.0 Å². The van der Waals surface area contributed by atoms with E-state index >= 15 is 4.79 Å². The molecule has 2 atom stereocenters. The van der Waals surface area contributed by atoms with Crippen LogP contribution in [0.4, 0.5) is 0 Å². The summed E-state index contributed by atoms with van der Waals surface area (Å²) < 4.78 is 54.6. The van der Waals surface area contributed by atoms with E-state index in [1.165, 1.54) is 60.9 Å². The number of aromatic nitrogens is 2. The molecule has 0 aliphatic carbocycles. The third-order valence-corrected chi connectivity index (χ3v) is 13.5. The first-order valence-corrected chi connectivity index (χ1v) is 19.9. The zero-order valence-corrected chi connectivity index (χ0v) is 31.8. The van der Waals surface area contributed by atoms with Crippen molar-refractivity contribution in [3.8, 4) is 11.5 Å². The van der Waals surface area contributed by atoms with Crippen molar-refractivity contribution < 1.29 is 31.8 Å². The number of benzene rings is 4. The number of aryl methyl sites for hydroxylation is 2. The molecule has 6 rings (SSSR count). The molecule has 0 bridgehead atoms. The molecule has 2 aromatic heterocycles. The van der Waals surface area contributed by atoms with E-state index in [1.54, 1.807) is 24.3 Å². The number of hydrogen-bond acceptors (Lipinski definition) is 7. The van der Waals surface area contributed by atoms with Gasteiger partial charge in [-0.2, -0.15) is 0 Å². The van der Waals surface area contributed by atoms with Gasteiger partial charge in [0.25, 0.3) is 0 Å². The van der Waals surface area contributed by atoms with Gasteiger partial charge in [-0.3, -0.25) is 4.79 Å². The Morgan fingerprint density at radius 3 is 1.23 bits per heavy atom. The van der Waals surface area contributed by atoms with Crippen molar-refractivity contribution in [2.24, 2.45) is 0 Å². The molecule has 52 heavy (non-hydrogen) atoms. The first-order valence-electron chi connectivity index (χ1n) is 15.4.